The smallest absolute Gasteiger partial charge is 0.236 e. The number of carbonyl (C=O) groups is 1. The molecule has 1 unspecified atom stereocenters. The van der Waals surface area contributed by atoms with Crippen molar-refractivity contribution in [1.82, 2.24) is 9.80 Å². The fourth-order valence-corrected chi connectivity index (χ4v) is 2.27. The molecule has 112 valence electrons. The van der Waals surface area contributed by atoms with Gasteiger partial charge < -0.3 is 19.8 Å². The summed E-state index contributed by atoms with van der Waals surface area (Å²) in [6.45, 7) is 5.41. The van der Waals surface area contributed by atoms with Gasteiger partial charge in [0.25, 0.3) is 0 Å². The van der Waals surface area contributed by atoms with E-state index in [4.69, 9.17) is 14.9 Å². The first-order chi connectivity index (χ1) is 9.58. The van der Waals surface area contributed by atoms with Crippen molar-refractivity contribution >= 4 is 5.91 Å². The standard InChI is InChI=1S/C14H23N3O3/c1-11-3-4-12(20-11)8-16(2)14(18)10-17-5-6-19-13(7-15)9-17/h3-4,13H,5-10,15H2,1-2H3. The first kappa shape index (κ1) is 15.0. The normalized spacial score (nSPS) is 20.1. The summed E-state index contributed by atoms with van der Waals surface area (Å²) < 4.78 is 11.0. The number of ether oxygens (including phenoxy) is 1. The molecule has 2 heterocycles. The van der Waals surface area contributed by atoms with Gasteiger partial charge in [0.1, 0.15) is 11.5 Å². The van der Waals surface area contributed by atoms with Crippen LogP contribution >= 0.6 is 0 Å². The molecular weight excluding hydrogens is 258 g/mol. The molecule has 2 rings (SSSR count). The van der Waals surface area contributed by atoms with Crippen molar-refractivity contribution in [2.45, 2.75) is 19.6 Å². The molecule has 6 nitrogen and oxygen atoms in total. The van der Waals surface area contributed by atoms with Crippen LogP contribution in [0.5, 0.6) is 0 Å². The SMILES string of the molecule is Cc1ccc(CN(C)C(=O)CN2CCOC(CN)C2)o1. The van der Waals surface area contributed by atoms with Crippen molar-refractivity contribution in [3.8, 4) is 0 Å². The maximum absolute atomic E-state index is 12.2. The number of likely N-dealkylation sites (N-methyl/N-ethyl adjacent to an activating group) is 1. The summed E-state index contributed by atoms with van der Waals surface area (Å²) in [5.41, 5.74) is 5.60. The third-order valence-corrected chi connectivity index (χ3v) is 3.46. The van der Waals surface area contributed by atoms with Crippen LogP contribution in [0.4, 0.5) is 0 Å². The van der Waals surface area contributed by atoms with E-state index in [9.17, 15) is 4.79 Å². The monoisotopic (exact) mass is 281 g/mol. The van der Waals surface area contributed by atoms with Crippen LogP contribution in [0.15, 0.2) is 16.5 Å². The van der Waals surface area contributed by atoms with Gasteiger partial charge in [-0.1, -0.05) is 0 Å². The lowest BCUT2D eigenvalue weighted by molar-refractivity contribution is -0.133. The minimum absolute atomic E-state index is 0.0366. The van der Waals surface area contributed by atoms with Crippen molar-refractivity contribution in [2.75, 3.05) is 39.8 Å². The number of nitrogens with zero attached hydrogens (tertiary/aromatic N) is 2. The predicted molar refractivity (Wildman–Crippen MR) is 75.2 cm³/mol. The van der Waals surface area contributed by atoms with Gasteiger partial charge >= 0.3 is 0 Å². The van der Waals surface area contributed by atoms with Gasteiger partial charge in [-0.3, -0.25) is 9.69 Å². The van der Waals surface area contributed by atoms with Crippen LogP contribution in [-0.4, -0.2) is 61.6 Å². The van der Waals surface area contributed by atoms with Crippen LogP contribution in [0.25, 0.3) is 0 Å². The van der Waals surface area contributed by atoms with Crippen LogP contribution in [0.1, 0.15) is 11.5 Å². The van der Waals surface area contributed by atoms with E-state index in [1.54, 1.807) is 11.9 Å². The quantitative estimate of drug-likeness (QED) is 0.835. The first-order valence-corrected chi connectivity index (χ1v) is 6.92. The Hall–Kier alpha value is -1.37. The van der Waals surface area contributed by atoms with Crippen LogP contribution in [0.3, 0.4) is 0 Å². The Labute approximate surface area is 119 Å². The average molecular weight is 281 g/mol. The lowest BCUT2D eigenvalue weighted by Crippen LogP contribution is -2.49. The Bertz CT molecular complexity index is 447. The molecule has 2 N–H and O–H groups in total. The first-order valence-electron chi connectivity index (χ1n) is 6.92. The molecule has 0 saturated carbocycles. The molecule has 1 atom stereocenters. The molecule has 1 saturated heterocycles. The molecule has 0 spiro atoms. The number of morpholine rings is 1. The molecule has 1 aliphatic heterocycles. The van der Waals surface area contributed by atoms with E-state index in [-0.39, 0.29) is 12.0 Å². The fraction of sp³-hybridized carbons (Fsp3) is 0.643. The second-order valence-electron chi connectivity index (χ2n) is 5.23. The lowest BCUT2D eigenvalue weighted by Gasteiger charge is -2.32. The second kappa shape index (κ2) is 6.88. The largest absolute Gasteiger partial charge is 0.464 e. The second-order valence-corrected chi connectivity index (χ2v) is 5.23. The van der Waals surface area contributed by atoms with Gasteiger partial charge in [-0.15, -0.1) is 0 Å². The number of hydrogen-bond acceptors (Lipinski definition) is 5. The maximum atomic E-state index is 12.2. The van der Waals surface area contributed by atoms with Gasteiger partial charge in [-0.05, 0) is 19.1 Å². The highest BCUT2D eigenvalue weighted by Gasteiger charge is 2.22. The topological polar surface area (TPSA) is 71.9 Å². The fourth-order valence-electron chi connectivity index (χ4n) is 2.27. The Balaban J connectivity index is 1.81. The molecule has 0 bridgehead atoms. The predicted octanol–water partition coefficient (Wildman–Crippen LogP) is 0.206. The molecule has 1 aromatic rings. The summed E-state index contributed by atoms with van der Waals surface area (Å²) >= 11 is 0. The number of nitrogens with two attached hydrogens (primary N) is 1. The van der Waals surface area contributed by atoms with E-state index >= 15 is 0 Å². The van der Waals surface area contributed by atoms with E-state index in [1.807, 2.05) is 19.1 Å². The van der Waals surface area contributed by atoms with Gasteiger partial charge in [-0.2, -0.15) is 0 Å². The highest BCUT2D eigenvalue weighted by molar-refractivity contribution is 5.77. The van der Waals surface area contributed by atoms with E-state index in [1.165, 1.54) is 0 Å². The van der Waals surface area contributed by atoms with Gasteiger partial charge in [0.2, 0.25) is 5.91 Å². The average Bonchev–Trinajstić information content (AvgIpc) is 2.84. The Morgan fingerprint density at radius 3 is 3.00 bits per heavy atom. The highest BCUT2D eigenvalue weighted by Crippen LogP contribution is 2.10. The summed E-state index contributed by atoms with van der Waals surface area (Å²) in [4.78, 5) is 16.0. The molecule has 1 fully saturated rings. The maximum Gasteiger partial charge on any atom is 0.236 e. The minimum Gasteiger partial charge on any atom is -0.464 e. The van der Waals surface area contributed by atoms with E-state index in [2.05, 4.69) is 4.90 Å². The zero-order valence-electron chi connectivity index (χ0n) is 12.2. The highest BCUT2D eigenvalue weighted by atomic mass is 16.5. The number of rotatable bonds is 5. The Morgan fingerprint density at radius 1 is 1.55 bits per heavy atom. The summed E-state index contributed by atoms with van der Waals surface area (Å²) in [6, 6.07) is 3.81. The van der Waals surface area contributed by atoms with Gasteiger partial charge in [0.15, 0.2) is 0 Å². The summed E-state index contributed by atoms with van der Waals surface area (Å²) in [6.07, 6.45) is 0.0366. The van der Waals surface area contributed by atoms with Crippen LogP contribution in [0.2, 0.25) is 0 Å². The van der Waals surface area contributed by atoms with E-state index in [0.717, 1.165) is 24.6 Å². The number of hydrogen-bond donors (Lipinski definition) is 1. The molecule has 0 radical (unpaired) electrons. The summed E-state index contributed by atoms with van der Waals surface area (Å²) in [5.74, 6) is 1.75. The number of furan rings is 1. The molecule has 0 aromatic carbocycles. The Kier molecular flexibility index (Phi) is 5.17. The van der Waals surface area contributed by atoms with Gasteiger partial charge in [-0.25, -0.2) is 0 Å². The third-order valence-electron chi connectivity index (χ3n) is 3.46. The van der Waals surface area contributed by atoms with Gasteiger partial charge in [0, 0.05) is 26.7 Å². The van der Waals surface area contributed by atoms with Crippen LogP contribution in [0, 0.1) is 6.92 Å². The van der Waals surface area contributed by atoms with Crippen molar-refractivity contribution in [3.05, 3.63) is 23.7 Å². The summed E-state index contributed by atoms with van der Waals surface area (Å²) in [5, 5.41) is 0. The molecule has 1 aliphatic rings. The minimum atomic E-state index is 0.0366. The van der Waals surface area contributed by atoms with E-state index in [0.29, 0.717) is 26.2 Å². The van der Waals surface area contributed by atoms with Crippen LogP contribution in [-0.2, 0) is 16.1 Å². The number of amides is 1. The molecule has 6 heteroatoms. The Morgan fingerprint density at radius 2 is 2.35 bits per heavy atom. The molecule has 1 aromatic heterocycles. The zero-order valence-corrected chi connectivity index (χ0v) is 12.2. The molecule has 0 aliphatic carbocycles. The molecular formula is C14H23N3O3. The molecule has 1 amide bonds. The van der Waals surface area contributed by atoms with Crippen molar-refractivity contribution in [1.29, 1.82) is 0 Å². The van der Waals surface area contributed by atoms with Crippen LogP contribution < -0.4 is 5.73 Å². The van der Waals surface area contributed by atoms with Crippen molar-refractivity contribution in [3.63, 3.8) is 0 Å². The van der Waals surface area contributed by atoms with Gasteiger partial charge in [0.05, 0.1) is 25.8 Å². The lowest BCUT2D eigenvalue weighted by atomic mass is 10.2. The molecule has 20 heavy (non-hydrogen) atoms. The number of aryl methyl sites for hydroxylation is 1. The van der Waals surface area contributed by atoms with Crippen molar-refractivity contribution < 1.29 is 13.9 Å². The number of carbonyl (C=O) groups excluding carboxylic acids is 1. The zero-order chi connectivity index (χ0) is 14.5. The third kappa shape index (κ3) is 4.06. The summed E-state index contributed by atoms with van der Waals surface area (Å²) in [7, 11) is 1.79. The van der Waals surface area contributed by atoms with E-state index < -0.39 is 0 Å². The van der Waals surface area contributed by atoms with Crippen molar-refractivity contribution in [2.24, 2.45) is 5.73 Å².